The van der Waals surface area contributed by atoms with Gasteiger partial charge in [-0.3, -0.25) is 0 Å². The molecule has 2 nitrogen and oxygen atoms in total. The summed E-state index contributed by atoms with van der Waals surface area (Å²) in [6, 6.07) is 20.8. The van der Waals surface area contributed by atoms with Gasteiger partial charge in [-0.05, 0) is 33.1 Å². The van der Waals surface area contributed by atoms with E-state index in [0.717, 1.165) is 15.6 Å². The molecule has 3 aromatic rings. The Morgan fingerprint density at radius 3 is 1.70 bits per heavy atom. The predicted octanol–water partition coefficient (Wildman–Crippen LogP) is 4.33. The fraction of sp³-hybridized carbons (Fsp3) is 0.0588. The van der Waals surface area contributed by atoms with Crippen molar-refractivity contribution in [1.29, 1.82) is 0 Å². The standard InChI is InChI=1S/C17H13BrO2/c18-15-11-12-20-16(15)17(19,13-7-3-1-4-8-13)14-9-5-2-6-10-14/h1-12,19H. The van der Waals surface area contributed by atoms with E-state index in [9.17, 15) is 5.11 Å². The van der Waals surface area contributed by atoms with Crippen molar-refractivity contribution in [2.45, 2.75) is 5.60 Å². The minimum absolute atomic E-state index is 0.481. The van der Waals surface area contributed by atoms with Crippen molar-refractivity contribution >= 4 is 15.9 Å². The summed E-state index contributed by atoms with van der Waals surface area (Å²) >= 11 is 3.44. The van der Waals surface area contributed by atoms with Gasteiger partial charge in [0, 0.05) is 0 Å². The molecular formula is C17H13BrO2. The summed E-state index contributed by atoms with van der Waals surface area (Å²) in [5.74, 6) is 0.481. The van der Waals surface area contributed by atoms with Crippen molar-refractivity contribution in [2.75, 3.05) is 0 Å². The number of hydrogen-bond donors (Lipinski definition) is 1. The fourth-order valence-electron chi connectivity index (χ4n) is 2.34. The van der Waals surface area contributed by atoms with E-state index < -0.39 is 5.60 Å². The van der Waals surface area contributed by atoms with Crippen LogP contribution >= 0.6 is 15.9 Å². The van der Waals surface area contributed by atoms with Gasteiger partial charge in [0.1, 0.15) is 0 Å². The van der Waals surface area contributed by atoms with E-state index in [1.165, 1.54) is 0 Å². The Morgan fingerprint density at radius 2 is 1.30 bits per heavy atom. The van der Waals surface area contributed by atoms with Crippen molar-refractivity contribution in [3.8, 4) is 0 Å². The molecule has 0 aliphatic carbocycles. The molecule has 0 amide bonds. The maximum absolute atomic E-state index is 11.4. The molecule has 0 unspecified atom stereocenters. The SMILES string of the molecule is OC(c1ccccc1)(c1ccccc1)c1occc1Br. The smallest absolute Gasteiger partial charge is 0.174 e. The molecule has 0 atom stereocenters. The highest BCUT2D eigenvalue weighted by molar-refractivity contribution is 9.10. The van der Waals surface area contributed by atoms with Crippen molar-refractivity contribution in [1.82, 2.24) is 0 Å². The van der Waals surface area contributed by atoms with Crippen molar-refractivity contribution in [3.63, 3.8) is 0 Å². The van der Waals surface area contributed by atoms with E-state index in [1.807, 2.05) is 60.7 Å². The van der Waals surface area contributed by atoms with Crippen LogP contribution in [0, 0.1) is 0 Å². The molecule has 3 rings (SSSR count). The molecule has 2 aromatic carbocycles. The first-order chi connectivity index (χ1) is 9.73. The molecular weight excluding hydrogens is 316 g/mol. The van der Waals surface area contributed by atoms with E-state index >= 15 is 0 Å². The molecule has 0 spiro atoms. The number of hydrogen-bond acceptors (Lipinski definition) is 2. The van der Waals surface area contributed by atoms with E-state index in [1.54, 1.807) is 12.3 Å². The third-order valence-electron chi connectivity index (χ3n) is 3.33. The van der Waals surface area contributed by atoms with Gasteiger partial charge in [-0.1, -0.05) is 60.7 Å². The molecule has 100 valence electrons. The molecule has 0 fully saturated rings. The minimum Gasteiger partial charge on any atom is -0.464 e. The lowest BCUT2D eigenvalue weighted by atomic mass is 9.84. The molecule has 0 bridgehead atoms. The molecule has 1 N–H and O–H groups in total. The number of halogens is 1. The second-order valence-corrected chi connectivity index (χ2v) is 5.39. The third-order valence-corrected chi connectivity index (χ3v) is 3.95. The summed E-state index contributed by atoms with van der Waals surface area (Å²) in [4.78, 5) is 0. The van der Waals surface area contributed by atoms with Crippen LogP contribution in [0.5, 0.6) is 0 Å². The van der Waals surface area contributed by atoms with Gasteiger partial charge in [-0.15, -0.1) is 0 Å². The van der Waals surface area contributed by atoms with Gasteiger partial charge in [-0.2, -0.15) is 0 Å². The molecule has 0 saturated heterocycles. The fourth-order valence-corrected chi connectivity index (χ4v) is 2.83. The number of aliphatic hydroxyl groups is 1. The minimum atomic E-state index is -1.31. The first kappa shape index (κ1) is 13.2. The third kappa shape index (κ3) is 2.09. The van der Waals surface area contributed by atoms with Gasteiger partial charge >= 0.3 is 0 Å². The molecule has 0 aliphatic heterocycles. The monoisotopic (exact) mass is 328 g/mol. The Labute approximate surface area is 125 Å². The summed E-state index contributed by atoms with van der Waals surface area (Å²) in [7, 11) is 0. The number of furan rings is 1. The van der Waals surface area contributed by atoms with Crippen LogP contribution in [-0.2, 0) is 5.60 Å². The first-order valence-corrected chi connectivity index (χ1v) is 7.09. The summed E-state index contributed by atoms with van der Waals surface area (Å²) in [5, 5.41) is 11.4. The van der Waals surface area contributed by atoms with Crippen molar-refractivity contribution in [2.24, 2.45) is 0 Å². The molecule has 0 radical (unpaired) electrons. The van der Waals surface area contributed by atoms with Crippen LogP contribution in [0.1, 0.15) is 16.9 Å². The average Bonchev–Trinajstić information content (AvgIpc) is 2.95. The lowest BCUT2D eigenvalue weighted by molar-refractivity contribution is 0.0980. The van der Waals surface area contributed by atoms with E-state index in [0.29, 0.717) is 5.76 Å². The number of benzene rings is 2. The summed E-state index contributed by atoms with van der Waals surface area (Å²) in [5.41, 5.74) is 0.217. The zero-order valence-corrected chi connectivity index (χ0v) is 12.2. The van der Waals surface area contributed by atoms with Gasteiger partial charge in [0.2, 0.25) is 0 Å². The molecule has 1 heterocycles. The Balaban J connectivity index is 2.27. The quantitative estimate of drug-likeness (QED) is 0.776. The Bertz CT molecular complexity index is 650. The maximum atomic E-state index is 11.4. The molecule has 3 heteroatoms. The lowest BCUT2D eigenvalue weighted by Crippen LogP contribution is -2.28. The van der Waals surface area contributed by atoms with E-state index in [-0.39, 0.29) is 0 Å². The topological polar surface area (TPSA) is 33.4 Å². The van der Waals surface area contributed by atoms with Gasteiger partial charge in [0.15, 0.2) is 11.4 Å². The molecule has 20 heavy (non-hydrogen) atoms. The van der Waals surface area contributed by atoms with E-state index in [4.69, 9.17) is 4.42 Å². The zero-order valence-electron chi connectivity index (χ0n) is 10.7. The molecule has 0 saturated carbocycles. The summed E-state index contributed by atoms with van der Waals surface area (Å²) < 4.78 is 6.28. The largest absolute Gasteiger partial charge is 0.464 e. The lowest BCUT2D eigenvalue weighted by Gasteiger charge is -2.27. The van der Waals surface area contributed by atoms with Crippen LogP contribution in [-0.4, -0.2) is 5.11 Å². The highest BCUT2D eigenvalue weighted by atomic mass is 79.9. The second-order valence-electron chi connectivity index (χ2n) is 4.54. The molecule has 1 aromatic heterocycles. The Morgan fingerprint density at radius 1 is 0.800 bits per heavy atom. The summed E-state index contributed by atoms with van der Waals surface area (Å²) in [6.07, 6.45) is 1.57. The van der Waals surface area contributed by atoms with Crippen molar-refractivity contribution < 1.29 is 9.52 Å². The number of rotatable bonds is 3. The van der Waals surface area contributed by atoms with Crippen LogP contribution in [0.25, 0.3) is 0 Å². The van der Waals surface area contributed by atoms with Crippen LogP contribution < -0.4 is 0 Å². The van der Waals surface area contributed by atoms with E-state index in [2.05, 4.69) is 15.9 Å². The van der Waals surface area contributed by atoms with Crippen LogP contribution in [0.15, 0.2) is 81.9 Å². The zero-order chi connectivity index (χ0) is 14.0. The second kappa shape index (κ2) is 5.27. The van der Waals surface area contributed by atoms with Crippen LogP contribution in [0.4, 0.5) is 0 Å². The van der Waals surface area contributed by atoms with Gasteiger partial charge in [0.25, 0.3) is 0 Å². The predicted molar refractivity (Wildman–Crippen MR) is 81.4 cm³/mol. The molecule has 0 aliphatic rings. The first-order valence-electron chi connectivity index (χ1n) is 6.30. The maximum Gasteiger partial charge on any atom is 0.174 e. The van der Waals surface area contributed by atoms with Crippen LogP contribution in [0.2, 0.25) is 0 Å². The highest BCUT2D eigenvalue weighted by Gasteiger charge is 2.38. The Kier molecular flexibility index (Phi) is 3.47. The van der Waals surface area contributed by atoms with Crippen molar-refractivity contribution in [3.05, 3.63) is 94.4 Å². The van der Waals surface area contributed by atoms with Crippen LogP contribution in [0.3, 0.4) is 0 Å². The Hall–Kier alpha value is -1.84. The van der Waals surface area contributed by atoms with Gasteiger partial charge in [0.05, 0.1) is 10.7 Å². The van der Waals surface area contributed by atoms with Gasteiger partial charge < -0.3 is 9.52 Å². The van der Waals surface area contributed by atoms with Gasteiger partial charge in [-0.25, -0.2) is 0 Å². The summed E-state index contributed by atoms with van der Waals surface area (Å²) in [6.45, 7) is 0. The average molecular weight is 329 g/mol. The normalized spacial score (nSPS) is 11.5. The highest BCUT2D eigenvalue weighted by Crippen LogP contribution is 2.40.